The van der Waals surface area contributed by atoms with Gasteiger partial charge in [0.25, 0.3) is 5.91 Å². The topological polar surface area (TPSA) is 38.7 Å². The molecule has 0 aromatic rings. The molecule has 0 saturated heterocycles. The third-order valence-electron chi connectivity index (χ3n) is 0.958. The summed E-state index contributed by atoms with van der Waals surface area (Å²) in [4.78, 5) is 14.2. The van der Waals surface area contributed by atoms with Gasteiger partial charge in [-0.05, 0) is 13.8 Å². The van der Waals surface area contributed by atoms with Crippen molar-refractivity contribution in [2.45, 2.75) is 20.0 Å². The van der Waals surface area contributed by atoms with Gasteiger partial charge in [0.1, 0.15) is 6.10 Å². The van der Waals surface area contributed by atoms with Crippen molar-refractivity contribution in [1.29, 1.82) is 0 Å². The van der Waals surface area contributed by atoms with E-state index in [-0.39, 0.29) is 5.91 Å². The zero-order valence-electron chi connectivity index (χ0n) is 5.92. The molecule has 0 aliphatic rings. The normalized spacial score (nSPS) is 14.1. The molecule has 0 saturated carbocycles. The quantitative estimate of drug-likeness (QED) is 0.513. The molecule has 52 valence electrons. The van der Waals surface area contributed by atoms with E-state index < -0.39 is 6.10 Å². The third-order valence-corrected chi connectivity index (χ3v) is 0.958. The summed E-state index contributed by atoms with van der Waals surface area (Å²) < 4.78 is 4.70. The fourth-order valence-corrected chi connectivity index (χ4v) is 0.333. The first kappa shape index (κ1) is 8.30. The molecule has 1 unspecified atom stereocenters. The minimum Gasteiger partial charge on any atom is -0.372 e. The average Bonchev–Trinajstić information content (AvgIpc) is 1.87. The molecule has 3 heteroatoms. The summed E-state index contributed by atoms with van der Waals surface area (Å²) in [6.07, 6.45) is 1.04. The van der Waals surface area contributed by atoms with E-state index in [1.165, 1.54) is 13.3 Å². The van der Waals surface area contributed by atoms with Gasteiger partial charge in [-0.1, -0.05) is 0 Å². The first-order valence-electron chi connectivity index (χ1n) is 2.77. The van der Waals surface area contributed by atoms with Gasteiger partial charge in [-0.25, -0.2) is 4.99 Å². The monoisotopic (exact) mass is 129 g/mol. The van der Waals surface area contributed by atoms with Crippen molar-refractivity contribution in [3.8, 4) is 0 Å². The Morgan fingerprint density at radius 1 is 1.78 bits per heavy atom. The van der Waals surface area contributed by atoms with Crippen molar-refractivity contribution in [2.75, 3.05) is 7.11 Å². The zero-order valence-corrected chi connectivity index (χ0v) is 5.92. The predicted molar refractivity (Wildman–Crippen MR) is 35.6 cm³/mol. The summed E-state index contributed by atoms with van der Waals surface area (Å²) in [5.74, 6) is -0.236. The molecule has 0 heterocycles. The van der Waals surface area contributed by atoms with E-state index in [4.69, 9.17) is 4.74 Å². The van der Waals surface area contributed by atoms with E-state index in [2.05, 4.69) is 4.99 Å². The molecular formula is C6H11NO2. The van der Waals surface area contributed by atoms with Gasteiger partial charge in [-0.2, -0.15) is 0 Å². The Morgan fingerprint density at radius 3 is 2.67 bits per heavy atom. The molecule has 9 heavy (non-hydrogen) atoms. The van der Waals surface area contributed by atoms with E-state index >= 15 is 0 Å². The van der Waals surface area contributed by atoms with Crippen LogP contribution in [0.4, 0.5) is 0 Å². The number of carbonyl (C=O) groups is 1. The first-order valence-corrected chi connectivity index (χ1v) is 2.77. The highest BCUT2D eigenvalue weighted by atomic mass is 16.5. The number of ether oxygens (including phenoxy) is 1. The van der Waals surface area contributed by atoms with Crippen LogP contribution in [0.1, 0.15) is 13.8 Å². The number of methoxy groups -OCH3 is 1. The highest BCUT2D eigenvalue weighted by Crippen LogP contribution is 1.89. The Bertz CT molecular complexity index is 120. The van der Waals surface area contributed by atoms with Crippen molar-refractivity contribution in [1.82, 2.24) is 0 Å². The van der Waals surface area contributed by atoms with Crippen LogP contribution in [0.5, 0.6) is 0 Å². The maximum Gasteiger partial charge on any atom is 0.274 e. The summed E-state index contributed by atoms with van der Waals surface area (Å²) in [5.41, 5.74) is 0. The minimum atomic E-state index is -0.416. The van der Waals surface area contributed by atoms with Gasteiger partial charge in [-0.15, -0.1) is 0 Å². The van der Waals surface area contributed by atoms with Crippen molar-refractivity contribution in [2.24, 2.45) is 4.99 Å². The summed E-state index contributed by atoms with van der Waals surface area (Å²) in [6.45, 7) is 3.36. The Hall–Kier alpha value is -0.700. The highest BCUT2D eigenvalue weighted by Gasteiger charge is 2.07. The molecule has 0 N–H and O–H groups in total. The molecule has 1 atom stereocenters. The summed E-state index contributed by atoms with van der Waals surface area (Å²) >= 11 is 0. The number of nitrogens with zero attached hydrogens (tertiary/aromatic N) is 1. The summed E-state index contributed by atoms with van der Waals surface area (Å²) in [5, 5.41) is 0. The molecule has 0 radical (unpaired) electrons. The molecular weight excluding hydrogens is 118 g/mol. The van der Waals surface area contributed by atoms with Crippen molar-refractivity contribution >= 4 is 12.1 Å². The third kappa shape index (κ3) is 2.98. The fourth-order valence-electron chi connectivity index (χ4n) is 0.333. The standard InChI is InChI=1S/C6H11NO2/c1-4-7-6(8)5(2)9-3/h4-5H,1-3H3. The second-order valence-electron chi connectivity index (χ2n) is 1.60. The average molecular weight is 129 g/mol. The lowest BCUT2D eigenvalue weighted by atomic mass is 10.4. The van der Waals surface area contributed by atoms with Crippen molar-refractivity contribution < 1.29 is 9.53 Å². The molecule has 0 bridgehead atoms. The van der Waals surface area contributed by atoms with Crippen LogP contribution < -0.4 is 0 Å². The van der Waals surface area contributed by atoms with Crippen LogP contribution in [0.2, 0.25) is 0 Å². The van der Waals surface area contributed by atoms with Crippen LogP contribution in [-0.4, -0.2) is 25.3 Å². The molecule has 0 aromatic carbocycles. The lowest BCUT2D eigenvalue weighted by Gasteiger charge is -2.01. The maximum atomic E-state index is 10.7. The van der Waals surface area contributed by atoms with E-state index in [0.717, 1.165) is 0 Å². The fraction of sp³-hybridized carbons (Fsp3) is 0.667. The van der Waals surface area contributed by atoms with Crippen LogP contribution in [0.15, 0.2) is 4.99 Å². The zero-order chi connectivity index (χ0) is 7.28. The van der Waals surface area contributed by atoms with Crippen LogP contribution in [0.25, 0.3) is 0 Å². The van der Waals surface area contributed by atoms with Gasteiger partial charge in [0, 0.05) is 13.3 Å². The summed E-state index contributed by atoms with van der Waals surface area (Å²) in [7, 11) is 1.48. The SMILES string of the molecule is CC=NC(=O)C(C)OC. The van der Waals surface area contributed by atoms with E-state index in [1.807, 2.05) is 0 Å². The lowest BCUT2D eigenvalue weighted by molar-refractivity contribution is -0.126. The minimum absolute atomic E-state index is 0.236. The van der Waals surface area contributed by atoms with Gasteiger partial charge < -0.3 is 4.74 Å². The van der Waals surface area contributed by atoms with Crippen LogP contribution in [0.3, 0.4) is 0 Å². The Kier molecular flexibility index (Phi) is 3.88. The first-order chi connectivity index (χ1) is 4.22. The molecule has 0 aliphatic carbocycles. The molecule has 3 nitrogen and oxygen atoms in total. The predicted octanol–water partition coefficient (Wildman–Crippen LogP) is 0.639. The van der Waals surface area contributed by atoms with Gasteiger partial charge in [0.15, 0.2) is 0 Å². The molecule has 1 amide bonds. The lowest BCUT2D eigenvalue weighted by Crippen LogP contribution is -2.16. The smallest absolute Gasteiger partial charge is 0.274 e. The highest BCUT2D eigenvalue weighted by molar-refractivity contribution is 5.87. The van der Waals surface area contributed by atoms with E-state index in [9.17, 15) is 4.79 Å². The largest absolute Gasteiger partial charge is 0.372 e. The van der Waals surface area contributed by atoms with E-state index in [0.29, 0.717) is 0 Å². The van der Waals surface area contributed by atoms with E-state index in [1.54, 1.807) is 13.8 Å². The number of hydrogen-bond acceptors (Lipinski definition) is 2. The second-order valence-corrected chi connectivity index (χ2v) is 1.60. The number of rotatable bonds is 2. The van der Waals surface area contributed by atoms with Gasteiger partial charge in [0.2, 0.25) is 0 Å². The molecule has 0 fully saturated rings. The molecule has 0 rings (SSSR count). The van der Waals surface area contributed by atoms with Gasteiger partial charge in [-0.3, -0.25) is 4.79 Å². The maximum absolute atomic E-state index is 10.7. The van der Waals surface area contributed by atoms with Crippen molar-refractivity contribution in [3.05, 3.63) is 0 Å². The Balaban J connectivity index is 3.73. The number of carbonyl (C=O) groups excluding carboxylic acids is 1. The van der Waals surface area contributed by atoms with Gasteiger partial charge in [0.05, 0.1) is 0 Å². The second kappa shape index (κ2) is 4.21. The Labute approximate surface area is 54.7 Å². The summed E-state index contributed by atoms with van der Waals surface area (Å²) in [6, 6.07) is 0. The van der Waals surface area contributed by atoms with Crippen LogP contribution >= 0.6 is 0 Å². The van der Waals surface area contributed by atoms with Gasteiger partial charge >= 0.3 is 0 Å². The number of aliphatic imine (C=N–C) groups is 1. The van der Waals surface area contributed by atoms with Crippen LogP contribution in [0, 0.1) is 0 Å². The molecule has 0 spiro atoms. The van der Waals surface area contributed by atoms with Crippen molar-refractivity contribution in [3.63, 3.8) is 0 Å². The molecule has 0 aliphatic heterocycles. The number of hydrogen-bond donors (Lipinski definition) is 0. The Morgan fingerprint density at radius 2 is 2.33 bits per heavy atom. The number of amides is 1. The molecule has 0 aromatic heterocycles. The van der Waals surface area contributed by atoms with Crippen LogP contribution in [-0.2, 0) is 9.53 Å².